The zero-order chi connectivity index (χ0) is 23.4. The van der Waals surface area contributed by atoms with E-state index in [2.05, 4.69) is 11.5 Å². The summed E-state index contributed by atoms with van der Waals surface area (Å²) < 4.78 is 13.8. The lowest BCUT2D eigenvalue weighted by Gasteiger charge is -2.15. The molecule has 168 valence electrons. The number of methoxy groups -OCH3 is 1. The van der Waals surface area contributed by atoms with Crippen molar-refractivity contribution in [2.75, 3.05) is 7.11 Å². The summed E-state index contributed by atoms with van der Waals surface area (Å²) in [6, 6.07) is 25.3. The maximum absolute atomic E-state index is 12.6. The summed E-state index contributed by atoms with van der Waals surface area (Å²) in [4.78, 5) is 12.6. The molecule has 0 unspecified atom stereocenters. The van der Waals surface area contributed by atoms with Gasteiger partial charge in [-0.15, -0.1) is 0 Å². The molecule has 0 atom stereocenters. The molecule has 3 aromatic carbocycles. The average Bonchev–Trinajstić information content (AvgIpc) is 3.11. The van der Waals surface area contributed by atoms with Crippen LogP contribution in [-0.2, 0) is 13.0 Å². The van der Waals surface area contributed by atoms with Crippen molar-refractivity contribution in [3.8, 4) is 28.4 Å². The Hall–Kier alpha value is -3.99. The van der Waals surface area contributed by atoms with Crippen LogP contribution in [0.15, 0.2) is 78.9 Å². The molecule has 0 fully saturated rings. The fourth-order valence-electron chi connectivity index (χ4n) is 4.34. The molecular weight excluding hydrogens is 412 g/mol. The number of carbonyl (C=O) groups excluding carboxylic acids is 1. The minimum absolute atomic E-state index is 0.439. The van der Waals surface area contributed by atoms with Gasteiger partial charge in [-0.05, 0) is 49.2 Å². The van der Waals surface area contributed by atoms with Crippen LogP contribution in [0.2, 0.25) is 0 Å². The number of ether oxygens (including phenoxy) is 2. The Morgan fingerprint density at radius 3 is 2.33 bits per heavy atom. The van der Waals surface area contributed by atoms with Crippen molar-refractivity contribution in [3.63, 3.8) is 0 Å². The second-order valence-electron chi connectivity index (χ2n) is 7.84. The van der Waals surface area contributed by atoms with Gasteiger partial charge < -0.3 is 19.8 Å². The zero-order valence-electron chi connectivity index (χ0n) is 19.2. The lowest BCUT2D eigenvalue weighted by atomic mass is 9.98. The van der Waals surface area contributed by atoms with Gasteiger partial charge in [0.15, 0.2) is 0 Å². The third-order valence-corrected chi connectivity index (χ3v) is 5.83. The fourth-order valence-corrected chi connectivity index (χ4v) is 4.34. The minimum atomic E-state index is -0.439. The molecule has 0 spiro atoms. The van der Waals surface area contributed by atoms with E-state index >= 15 is 0 Å². The normalized spacial score (nSPS) is 10.8. The van der Waals surface area contributed by atoms with E-state index in [-0.39, 0.29) is 0 Å². The summed E-state index contributed by atoms with van der Waals surface area (Å²) in [5.74, 6) is 1.83. The summed E-state index contributed by atoms with van der Waals surface area (Å²) in [6.45, 7) is 4.62. The average molecular weight is 441 g/mol. The van der Waals surface area contributed by atoms with Gasteiger partial charge in [0.2, 0.25) is 0 Å². The largest absolute Gasteiger partial charge is 0.496 e. The van der Waals surface area contributed by atoms with E-state index in [0.29, 0.717) is 17.9 Å². The van der Waals surface area contributed by atoms with Crippen LogP contribution in [0.25, 0.3) is 11.1 Å². The van der Waals surface area contributed by atoms with Gasteiger partial charge in [-0.25, -0.2) is 0 Å². The van der Waals surface area contributed by atoms with Crippen LogP contribution in [0.1, 0.15) is 34.2 Å². The third-order valence-electron chi connectivity index (χ3n) is 5.83. The molecule has 0 bridgehead atoms. The van der Waals surface area contributed by atoms with Crippen LogP contribution >= 0.6 is 0 Å². The molecule has 4 rings (SSSR count). The van der Waals surface area contributed by atoms with Crippen LogP contribution in [0.4, 0.5) is 0 Å². The van der Waals surface area contributed by atoms with Gasteiger partial charge in [-0.1, -0.05) is 55.5 Å². The Morgan fingerprint density at radius 2 is 1.64 bits per heavy atom. The number of primary amides is 1. The molecule has 0 saturated heterocycles. The second-order valence-corrected chi connectivity index (χ2v) is 7.84. The van der Waals surface area contributed by atoms with Crippen LogP contribution in [0.5, 0.6) is 17.2 Å². The van der Waals surface area contributed by atoms with Crippen molar-refractivity contribution in [2.45, 2.75) is 26.8 Å². The Labute approximate surface area is 194 Å². The highest BCUT2D eigenvalue weighted by Crippen LogP contribution is 2.36. The highest BCUT2D eigenvalue weighted by molar-refractivity contribution is 6.02. The minimum Gasteiger partial charge on any atom is -0.496 e. The monoisotopic (exact) mass is 440 g/mol. The molecule has 5 heteroatoms. The summed E-state index contributed by atoms with van der Waals surface area (Å²) in [5.41, 5.74) is 11.1. The van der Waals surface area contributed by atoms with Crippen molar-refractivity contribution in [1.29, 1.82) is 0 Å². The summed E-state index contributed by atoms with van der Waals surface area (Å²) in [7, 11) is 1.67. The number of nitrogens with zero attached hydrogens (tertiary/aromatic N) is 1. The Bertz CT molecular complexity index is 1280. The summed E-state index contributed by atoms with van der Waals surface area (Å²) in [5, 5.41) is 0. The first-order chi connectivity index (χ1) is 16.0. The SMILES string of the molecule is CCc1c(-c2cccc(Oc3ccccc3)c2)c(C(N)=O)c(C)n1Cc1ccccc1OC. The lowest BCUT2D eigenvalue weighted by molar-refractivity contribution is 0.1000. The van der Waals surface area contributed by atoms with Gasteiger partial charge in [-0.2, -0.15) is 0 Å². The number of benzene rings is 3. The summed E-state index contributed by atoms with van der Waals surface area (Å²) in [6.07, 6.45) is 0.738. The smallest absolute Gasteiger partial charge is 0.251 e. The molecule has 1 amide bonds. The molecule has 0 radical (unpaired) electrons. The molecule has 4 aromatic rings. The van der Waals surface area contributed by atoms with Crippen LogP contribution in [0, 0.1) is 6.92 Å². The third kappa shape index (κ3) is 4.48. The highest BCUT2D eigenvalue weighted by Gasteiger charge is 2.24. The fraction of sp³-hybridized carbons (Fsp3) is 0.179. The van der Waals surface area contributed by atoms with Gasteiger partial charge in [0.05, 0.1) is 19.2 Å². The predicted molar refractivity (Wildman–Crippen MR) is 131 cm³/mol. The number of hydrogen-bond acceptors (Lipinski definition) is 3. The van der Waals surface area contributed by atoms with Gasteiger partial charge in [0.25, 0.3) is 5.91 Å². The Morgan fingerprint density at radius 1 is 0.939 bits per heavy atom. The number of hydrogen-bond donors (Lipinski definition) is 1. The number of nitrogens with two attached hydrogens (primary N) is 1. The van der Waals surface area contributed by atoms with Gasteiger partial charge in [0.1, 0.15) is 17.2 Å². The lowest BCUT2D eigenvalue weighted by Crippen LogP contribution is -2.13. The maximum atomic E-state index is 12.6. The molecule has 0 aliphatic rings. The number of amides is 1. The molecule has 2 N–H and O–H groups in total. The van der Waals surface area contributed by atoms with Crippen molar-refractivity contribution >= 4 is 5.91 Å². The topological polar surface area (TPSA) is 66.5 Å². The van der Waals surface area contributed by atoms with E-state index in [1.54, 1.807) is 7.11 Å². The number of rotatable bonds is 8. The van der Waals surface area contributed by atoms with Crippen molar-refractivity contribution in [2.24, 2.45) is 5.73 Å². The summed E-state index contributed by atoms with van der Waals surface area (Å²) >= 11 is 0. The molecular formula is C28H28N2O3. The van der Waals surface area contributed by atoms with Crippen LogP contribution < -0.4 is 15.2 Å². The standard InChI is InChI=1S/C28H28N2O3/c1-4-24-27(20-12-10-15-23(17-20)33-22-13-6-5-7-14-22)26(28(29)31)19(2)30(24)18-21-11-8-9-16-25(21)32-3/h5-17H,4,18H2,1-3H3,(H2,29,31). The molecule has 0 aliphatic heterocycles. The van der Waals surface area contributed by atoms with Crippen LogP contribution in [0.3, 0.4) is 0 Å². The maximum Gasteiger partial charge on any atom is 0.251 e. The molecule has 0 saturated carbocycles. The Balaban J connectivity index is 1.82. The van der Waals surface area contributed by atoms with E-state index in [1.807, 2.05) is 85.8 Å². The molecule has 0 aliphatic carbocycles. The van der Waals surface area contributed by atoms with E-state index in [4.69, 9.17) is 15.2 Å². The first kappa shape index (κ1) is 22.2. The molecule has 33 heavy (non-hydrogen) atoms. The van der Waals surface area contributed by atoms with E-state index in [9.17, 15) is 4.79 Å². The van der Waals surface area contributed by atoms with Gasteiger partial charge in [-0.3, -0.25) is 4.79 Å². The predicted octanol–water partition coefficient (Wildman–Crippen LogP) is 5.97. The van der Waals surface area contributed by atoms with E-state index < -0.39 is 5.91 Å². The first-order valence-electron chi connectivity index (χ1n) is 11.0. The zero-order valence-corrected chi connectivity index (χ0v) is 19.2. The number of aromatic nitrogens is 1. The van der Waals surface area contributed by atoms with Crippen molar-refractivity contribution < 1.29 is 14.3 Å². The van der Waals surface area contributed by atoms with E-state index in [0.717, 1.165) is 46.0 Å². The quantitative estimate of drug-likeness (QED) is 0.367. The van der Waals surface area contributed by atoms with Crippen molar-refractivity contribution in [3.05, 3.63) is 101 Å². The van der Waals surface area contributed by atoms with Gasteiger partial charge >= 0.3 is 0 Å². The van der Waals surface area contributed by atoms with Crippen LogP contribution in [-0.4, -0.2) is 17.6 Å². The molecule has 5 nitrogen and oxygen atoms in total. The molecule has 1 heterocycles. The molecule has 1 aromatic heterocycles. The number of para-hydroxylation sites is 2. The second kappa shape index (κ2) is 9.65. The van der Waals surface area contributed by atoms with E-state index in [1.165, 1.54) is 0 Å². The first-order valence-corrected chi connectivity index (χ1v) is 11.0. The highest BCUT2D eigenvalue weighted by atomic mass is 16.5. The van der Waals surface area contributed by atoms with Crippen molar-refractivity contribution in [1.82, 2.24) is 4.57 Å². The number of carbonyl (C=O) groups is 1. The Kier molecular flexibility index (Phi) is 6.50. The van der Waals surface area contributed by atoms with Gasteiger partial charge in [0, 0.05) is 22.5 Å².